The van der Waals surface area contributed by atoms with Crippen molar-refractivity contribution in [3.63, 3.8) is 0 Å². The van der Waals surface area contributed by atoms with Crippen molar-refractivity contribution in [3.05, 3.63) is 108 Å². The van der Waals surface area contributed by atoms with Crippen molar-refractivity contribution in [1.29, 1.82) is 0 Å². The molecule has 35 heavy (non-hydrogen) atoms. The fraction of sp³-hybridized carbons (Fsp3) is 0.400. The van der Waals surface area contributed by atoms with Gasteiger partial charge in [0.05, 0.1) is 0 Å². The zero-order chi connectivity index (χ0) is 25.6. The van der Waals surface area contributed by atoms with E-state index in [2.05, 4.69) is 128 Å². The van der Waals surface area contributed by atoms with Gasteiger partial charge in [0.1, 0.15) is 0 Å². The van der Waals surface area contributed by atoms with Crippen molar-refractivity contribution in [2.45, 2.75) is 57.8 Å². The molecule has 0 N–H and O–H groups in total. The molecule has 0 saturated carbocycles. The van der Waals surface area contributed by atoms with Crippen LogP contribution in [-0.2, 0) is 41.9 Å². The zero-order valence-electron chi connectivity index (χ0n) is 21.9. The summed E-state index contributed by atoms with van der Waals surface area (Å²) >= 11 is 0.0916. The van der Waals surface area contributed by atoms with Crippen molar-refractivity contribution < 1.29 is 25.6 Å². The summed E-state index contributed by atoms with van der Waals surface area (Å²) in [6.45, 7) is 14.7. The van der Waals surface area contributed by atoms with Crippen LogP contribution in [0.2, 0.25) is 0 Å². The van der Waals surface area contributed by atoms with Crippen molar-refractivity contribution in [3.8, 4) is 0 Å². The third-order valence-electron chi connectivity index (χ3n) is 6.48. The minimum atomic E-state index is -3.79. The molecule has 0 spiro atoms. The van der Waals surface area contributed by atoms with Gasteiger partial charge in [0.25, 0.3) is 0 Å². The number of benzene rings is 3. The second-order valence-corrected chi connectivity index (χ2v) is 18.0. The topological polar surface area (TPSA) is 27.7 Å². The minimum absolute atomic E-state index is 0.178. The van der Waals surface area contributed by atoms with Crippen LogP contribution >= 0.6 is 13.2 Å². The molecule has 0 aliphatic carbocycles. The molecular formula is C30H39BrO3Ti. The van der Waals surface area contributed by atoms with Gasteiger partial charge in [-0.25, -0.2) is 0 Å². The maximum atomic E-state index is 6.57. The van der Waals surface area contributed by atoms with E-state index >= 15 is 0 Å². The Bertz CT molecular complexity index is 902. The Hall–Kier alpha value is -1.27. The molecule has 0 atom stereocenters. The number of hydrogen-bond acceptors (Lipinski definition) is 3. The van der Waals surface area contributed by atoms with Crippen LogP contribution in [0.5, 0.6) is 0 Å². The van der Waals surface area contributed by atoms with E-state index in [0.29, 0.717) is 19.8 Å². The summed E-state index contributed by atoms with van der Waals surface area (Å²) in [5, 5.41) is 0. The van der Waals surface area contributed by atoms with E-state index in [4.69, 9.17) is 9.96 Å². The van der Waals surface area contributed by atoms with Gasteiger partial charge in [-0.05, 0) is 0 Å². The standard InChI is InChI=1S/3C10H13O.BrH.Ti/c3*1-10(2,8-11)9-6-4-3-5-7-9;;/h3*3-7H,8H2,1-2H3;1H;/q3*-1;;+4/p-1. The van der Waals surface area contributed by atoms with Crippen LogP contribution < -0.4 is 0 Å². The van der Waals surface area contributed by atoms with Gasteiger partial charge in [-0.3, -0.25) is 0 Å². The summed E-state index contributed by atoms with van der Waals surface area (Å²) < 4.78 is 19.7. The SMILES string of the molecule is CC(C)(C[O][Ti]([Br])([O]CC(C)(C)c1ccccc1)[O]CC(C)(C)c1ccccc1)c1ccccc1. The Kier molecular flexibility index (Phi) is 9.59. The third-order valence-corrected chi connectivity index (χ3v) is 11.6. The fourth-order valence-electron chi connectivity index (χ4n) is 3.84. The van der Waals surface area contributed by atoms with Gasteiger partial charge in [0.15, 0.2) is 0 Å². The van der Waals surface area contributed by atoms with Gasteiger partial charge >= 0.3 is 224 Å². The van der Waals surface area contributed by atoms with Crippen LogP contribution in [0.3, 0.4) is 0 Å². The average Bonchev–Trinajstić information content (AvgIpc) is 2.87. The van der Waals surface area contributed by atoms with Crippen LogP contribution in [0.25, 0.3) is 0 Å². The summed E-state index contributed by atoms with van der Waals surface area (Å²) in [7, 11) is 0. The molecule has 3 aromatic rings. The molecule has 5 heteroatoms. The van der Waals surface area contributed by atoms with Gasteiger partial charge in [-0.1, -0.05) is 0 Å². The zero-order valence-corrected chi connectivity index (χ0v) is 25.0. The summed E-state index contributed by atoms with van der Waals surface area (Å²) in [5.41, 5.74) is 3.15. The number of halogens is 1. The average molecular weight is 575 g/mol. The van der Waals surface area contributed by atoms with E-state index < -0.39 is 15.7 Å². The Balaban J connectivity index is 1.77. The molecule has 188 valence electrons. The van der Waals surface area contributed by atoms with E-state index in [9.17, 15) is 0 Å². The summed E-state index contributed by atoms with van der Waals surface area (Å²) in [5.74, 6) is 0. The van der Waals surface area contributed by atoms with Gasteiger partial charge < -0.3 is 0 Å². The number of hydrogen-bond donors (Lipinski definition) is 0. The van der Waals surface area contributed by atoms with Crippen LogP contribution in [-0.4, -0.2) is 19.8 Å². The third kappa shape index (κ3) is 8.11. The molecule has 0 aromatic heterocycles. The monoisotopic (exact) mass is 574 g/mol. The second kappa shape index (κ2) is 11.9. The first kappa shape index (κ1) is 28.3. The Morgan fingerprint density at radius 2 is 0.714 bits per heavy atom. The van der Waals surface area contributed by atoms with E-state index in [0.717, 1.165) is 0 Å². The van der Waals surface area contributed by atoms with Gasteiger partial charge in [-0.2, -0.15) is 0 Å². The molecule has 0 unspecified atom stereocenters. The maximum absolute atomic E-state index is 6.57. The normalized spacial score (nSPS) is 13.1. The predicted molar refractivity (Wildman–Crippen MR) is 145 cm³/mol. The summed E-state index contributed by atoms with van der Waals surface area (Å²) in [6, 6.07) is 31.4. The molecular weight excluding hydrogens is 536 g/mol. The Morgan fingerprint density at radius 3 is 0.943 bits per heavy atom. The molecule has 3 nitrogen and oxygen atoms in total. The molecule has 3 aromatic carbocycles. The number of rotatable bonds is 12. The molecule has 0 aliphatic heterocycles. The Morgan fingerprint density at radius 1 is 0.486 bits per heavy atom. The molecule has 0 fully saturated rings. The van der Waals surface area contributed by atoms with Gasteiger partial charge in [0, 0.05) is 0 Å². The van der Waals surface area contributed by atoms with E-state index in [1.807, 2.05) is 18.2 Å². The van der Waals surface area contributed by atoms with Gasteiger partial charge in [0.2, 0.25) is 0 Å². The quantitative estimate of drug-likeness (QED) is 0.204. The van der Waals surface area contributed by atoms with Crippen molar-refractivity contribution >= 4 is 13.2 Å². The van der Waals surface area contributed by atoms with Crippen LogP contribution in [0.1, 0.15) is 58.2 Å². The predicted octanol–water partition coefficient (Wildman–Crippen LogP) is 8.18. The molecule has 0 radical (unpaired) electrons. The van der Waals surface area contributed by atoms with E-state index in [1.54, 1.807) is 0 Å². The summed E-state index contributed by atoms with van der Waals surface area (Å²) in [4.78, 5) is 0. The first-order chi connectivity index (χ1) is 16.4. The summed E-state index contributed by atoms with van der Waals surface area (Å²) in [6.07, 6.45) is 0. The molecule has 0 amide bonds. The van der Waals surface area contributed by atoms with Crippen molar-refractivity contribution in [2.75, 3.05) is 19.8 Å². The van der Waals surface area contributed by atoms with Crippen LogP contribution in [0.15, 0.2) is 91.0 Å². The Labute approximate surface area is 223 Å². The molecule has 0 bridgehead atoms. The van der Waals surface area contributed by atoms with Crippen LogP contribution in [0, 0.1) is 0 Å². The molecule has 0 heterocycles. The van der Waals surface area contributed by atoms with Crippen LogP contribution in [0.4, 0.5) is 0 Å². The first-order valence-electron chi connectivity index (χ1n) is 12.2. The van der Waals surface area contributed by atoms with E-state index in [1.165, 1.54) is 16.7 Å². The van der Waals surface area contributed by atoms with Gasteiger partial charge in [-0.15, -0.1) is 0 Å². The second-order valence-electron chi connectivity index (χ2n) is 11.1. The first-order valence-corrected chi connectivity index (χ1v) is 18.0. The van der Waals surface area contributed by atoms with Crippen molar-refractivity contribution in [2.24, 2.45) is 0 Å². The molecule has 3 rings (SSSR count). The van der Waals surface area contributed by atoms with Crippen molar-refractivity contribution in [1.82, 2.24) is 0 Å². The molecule has 0 aliphatic rings. The van der Waals surface area contributed by atoms with E-state index in [-0.39, 0.29) is 16.2 Å². The molecule has 0 saturated heterocycles. The fourth-order valence-corrected chi connectivity index (χ4v) is 8.15.